The van der Waals surface area contributed by atoms with E-state index < -0.39 is 5.91 Å². The molecule has 0 fully saturated rings. The number of nitrogens with zero attached hydrogens (tertiary/aromatic N) is 5. The van der Waals surface area contributed by atoms with E-state index in [0.717, 1.165) is 4.68 Å². The normalized spacial score (nSPS) is 10.7. The molecule has 0 atom stereocenters. The molecule has 2 aromatic rings. The van der Waals surface area contributed by atoms with Gasteiger partial charge in [-0.2, -0.15) is 5.10 Å². The van der Waals surface area contributed by atoms with Crippen molar-refractivity contribution in [2.45, 2.75) is 6.54 Å². The van der Waals surface area contributed by atoms with Crippen LogP contribution in [0.1, 0.15) is 5.56 Å². The minimum absolute atomic E-state index is 0.0251. The number of hydrazone groups is 1. The van der Waals surface area contributed by atoms with Crippen molar-refractivity contribution in [3.05, 3.63) is 17.7 Å². The van der Waals surface area contributed by atoms with Gasteiger partial charge in [0, 0.05) is 5.56 Å². The number of nitrogen functional groups attached to an aromatic ring is 1. The van der Waals surface area contributed by atoms with Gasteiger partial charge in [0.15, 0.2) is 11.5 Å². The highest BCUT2D eigenvalue weighted by Crippen LogP contribution is 2.36. The third-order valence-corrected chi connectivity index (χ3v) is 2.76. The molecule has 122 valence electrons. The molecule has 0 aliphatic rings. The van der Waals surface area contributed by atoms with Gasteiger partial charge < -0.3 is 20.3 Å². The van der Waals surface area contributed by atoms with E-state index in [1.165, 1.54) is 32.6 Å². The molecular weight excluding hydrogens is 306 g/mol. The minimum Gasteiger partial charge on any atom is -0.502 e. The van der Waals surface area contributed by atoms with E-state index in [0.29, 0.717) is 5.56 Å². The molecule has 23 heavy (non-hydrogen) atoms. The van der Waals surface area contributed by atoms with Crippen molar-refractivity contribution in [2.75, 3.05) is 20.0 Å². The molecule has 11 nitrogen and oxygen atoms in total. The Balaban J connectivity index is 2.03. The van der Waals surface area contributed by atoms with Crippen LogP contribution in [0.2, 0.25) is 0 Å². The van der Waals surface area contributed by atoms with Gasteiger partial charge in [-0.05, 0) is 22.6 Å². The SMILES string of the molecule is COc1cc(/C=N\NC(=O)Cn2nnnc2N)cc(OC)c1O. The van der Waals surface area contributed by atoms with Crippen molar-refractivity contribution in [2.24, 2.45) is 5.10 Å². The van der Waals surface area contributed by atoms with Crippen molar-refractivity contribution in [3.63, 3.8) is 0 Å². The van der Waals surface area contributed by atoms with Gasteiger partial charge in [0.25, 0.3) is 5.91 Å². The molecule has 11 heteroatoms. The topological polar surface area (TPSA) is 150 Å². The standard InChI is InChI=1S/C12H15N7O4/c1-22-8-3-7(4-9(23-2)11(8)21)5-14-15-10(20)6-19-12(13)16-17-18-19/h3-5,21H,6H2,1-2H3,(H,15,20)(H2,13,16,18)/b14-5-. The van der Waals surface area contributed by atoms with Gasteiger partial charge in [0.1, 0.15) is 6.54 Å². The molecule has 1 aromatic carbocycles. The Kier molecular flexibility index (Phi) is 4.92. The second-order valence-corrected chi connectivity index (χ2v) is 4.26. The first-order valence-electron chi connectivity index (χ1n) is 6.33. The summed E-state index contributed by atoms with van der Waals surface area (Å²) in [4.78, 5) is 11.7. The van der Waals surface area contributed by atoms with Crippen molar-refractivity contribution in [3.8, 4) is 17.2 Å². The van der Waals surface area contributed by atoms with Crippen LogP contribution in [0.5, 0.6) is 17.2 Å². The van der Waals surface area contributed by atoms with E-state index in [2.05, 4.69) is 26.1 Å². The highest BCUT2D eigenvalue weighted by molar-refractivity contribution is 5.84. The summed E-state index contributed by atoms with van der Waals surface area (Å²) in [5, 5.41) is 23.9. The van der Waals surface area contributed by atoms with E-state index in [1.807, 2.05) is 0 Å². The van der Waals surface area contributed by atoms with E-state index in [4.69, 9.17) is 15.2 Å². The number of anilines is 1. The predicted octanol–water partition coefficient (Wildman–Crippen LogP) is -0.872. The number of hydrogen-bond acceptors (Lipinski definition) is 9. The molecule has 1 heterocycles. The van der Waals surface area contributed by atoms with E-state index in [-0.39, 0.29) is 29.7 Å². The zero-order valence-corrected chi connectivity index (χ0v) is 12.4. The zero-order valence-electron chi connectivity index (χ0n) is 12.4. The number of carbonyl (C=O) groups excluding carboxylic acids is 1. The summed E-state index contributed by atoms with van der Waals surface area (Å²) in [7, 11) is 2.82. The van der Waals surface area contributed by atoms with Crippen LogP contribution in [0.15, 0.2) is 17.2 Å². The van der Waals surface area contributed by atoms with Crippen LogP contribution in [-0.2, 0) is 11.3 Å². The second kappa shape index (κ2) is 7.06. The smallest absolute Gasteiger partial charge is 0.261 e. The van der Waals surface area contributed by atoms with Gasteiger partial charge in [0.2, 0.25) is 11.7 Å². The monoisotopic (exact) mass is 321 g/mol. The number of nitrogens with two attached hydrogens (primary N) is 1. The van der Waals surface area contributed by atoms with Crippen LogP contribution >= 0.6 is 0 Å². The molecule has 1 aromatic heterocycles. The number of carbonyl (C=O) groups is 1. The number of benzene rings is 1. The molecule has 0 spiro atoms. The Bertz CT molecular complexity index is 703. The summed E-state index contributed by atoms with van der Waals surface area (Å²) in [5.41, 5.74) is 8.30. The van der Waals surface area contributed by atoms with Crippen molar-refractivity contribution >= 4 is 18.1 Å². The number of phenols is 1. The Morgan fingerprint density at radius 3 is 2.61 bits per heavy atom. The molecular formula is C12H15N7O4. The number of nitrogens with one attached hydrogen (secondary N) is 1. The van der Waals surface area contributed by atoms with E-state index >= 15 is 0 Å². The highest BCUT2D eigenvalue weighted by atomic mass is 16.5. The van der Waals surface area contributed by atoms with Crippen LogP contribution in [0.25, 0.3) is 0 Å². The number of phenolic OH excluding ortho intramolecular Hbond substituents is 1. The summed E-state index contributed by atoms with van der Waals surface area (Å²) in [6.07, 6.45) is 1.37. The Hall–Kier alpha value is -3.37. The lowest BCUT2D eigenvalue weighted by Crippen LogP contribution is -2.24. The molecule has 1 amide bonds. The number of methoxy groups -OCH3 is 2. The Morgan fingerprint density at radius 2 is 2.09 bits per heavy atom. The molecule has 0 bridgehead atoms. The molecule has 0 saturated heterocycles. The predicted molar refractivity (Wildman–Crippen MR) is 79.2 cm³/mol. The lowest BCUT2D eigenvalue weighted by molar-refractivity contribution is -0.121. The third kappa shape index (κ3) is 3.84. The van der Waals surface area contributed by atoms with Gasteiger partial charge in [-0.3, -0.25) is 4.79 Å². The van der Waals surface area contributed by atoms with Crippen LogP contribution in [0, 0.1) is 0 Å². The van der Waals surface area contributed by atoms with Crippen LogP contribution in [-0.4, -0.2) is 51.7 Å². The zero-order chi connectivity index (χ0) is 16.8. The van der Waals surface area contributed by atoms with Crippen molar-refractivity contribution in [1.29, 1.82) is 0 Å². The fourth-order valence-electron chi connectivity index (χ4n) is 1.66. The first-order chi connectivity index (χ1) is 11.0. The Morgan fingerprint density at radius 1 is 1.43 bits per heavy atom. The molecule has 0 aliphatic heterocycles. The molecule has 4 N–H and O–H groups in total. The maximum Gasteiger partial charge on any atom is 0.261 e. The average Bonchev–Trinajstić information content (AvgIpc) is 2.93. The summed E-state index contributed by atoms with van der Waals surface area (Å²) in [6, 6.07) is 3.07. The number of aromatic nitrogens is 4. The number of rotatable bonds is 6. The maximum absolute atomic E-state index is 11.7. The summed E-state index contributed by atoms with van der Waals surface area (Å²) in [5.74, 6) is -0.113. The fraction of sp³-hybridized carbons (Fsp3) is 0.250. The van der Waals surface area contributed by atoms with E-state index in [1.54, 1.807) is 0 Å². The van der Waals surface area contributed by atoms with Gasteiger partial charge in [-0.25, -0.2) is 10.1 Å². The van der Waals surface area contributed by atoms with Crippen LogP contribution in [0.3, 0.4) is 0 Å². The highest BCUT2D eigenvalue weighted by Gasteiger charge is 2.10. The second-order valence-electron chi connectivity index (χ2n) is 4.26. The quantitative estimate of drug-likeness (QED) is 0.459. The molecule has 0 aliphatic carbocycles. The molecule has 0 unspecified atom stereocenters. The summed E-state index contributed by atoms with van der Waals surface area (Å²) < 4.78 is 11.2. The molecule has 2 rings (SSSR count). The number of tetrazole rings is 1. The summed E-state index contributed by atoms with van der Waals surface area (Å²) >= 11 is 0. The number of hydrogen-bond donors (Lipinski definition) is 3. The number of amides is 1. The lowest BCUT2D eigenvalue weighted by atomic mass is 10.2. The van der Waals surface area contributed by atoms with Crippen molar-refractivity contribution < 1.29 is 19.4 Å². The first-order valence-corrected chi connectivity index (χ1v) is 6.33. The molecule has 0 saturated carbocycles. The third-order valence-electron chi connectivity index (χ3n) is 2.76. The summed E-state index contributed by atoms with van der Waals surface area (Å²) in [6.45, 7) is -0.168. The number of aromatic hydroxyl groups is 1. The average molecular weight is 321 g/mol. The van der Waals surface area contributed by atoms with Crippen molar-refractivity contribution in [1.82, 2.24) is 25.6 Å². The number of ether oxygens (including phenoxy) is 2. The van der Waals surface area contributed by atoms with Gasteiger partial charge in [-0.15, -0.1) is 0 Å². The first kappa shape index (κ1) is 16.0. The van der Waals surface area contributed by atoms with Gasteiger partial charge >= 0.3 is 0 Å². The minimum atomic E-state index is -0.460. The van der Waals surface area contributed by atoms with Gasteiger partial charge in [-0.1, -0.05) is 5.10 Å². The van der Waals surface area contributed by atoms with Crippen LogP contribution in [0.4, 0.5) is 5.95 Å². The largest absolute Gasteiger partial charge is 0.502 e. The van der Waals surface area contributed by atoms with Gasteiger partial charge in [0.05, 0.1) is 20.4 Å². The van der Waals surface area contributed by atoms with Crippen LogP contribution < -0.4 is 20.6 Å². The Labute approximate surface area is 130 Å². The van der Waals surface area contributed by atoms with E-state index in [9.17, 15) is 9.90 Å². The maximum atomic E-state index is 11.7. The lowest BCUT2D eigenvalue weighted by Gasteiger charge is -2.09. The fourth-order valence-corrected chi connectivity index (χ4v) is 1.66. The molecule has 0 radical (unpaired) electrons.